The Bertz CT molecular complexity index is 1530. The van der Waals surface area contributed by atoms with Gasteiger partial charge in [0.1, 0.15) is 0 Å². The molecule has 0 radical (unpaired) electrons. The smallest absolute Gasteiger partial charge is 0.0323 e. The van der Waals surface area contributed by atoms with E-state index in [-0.39, 0.29) is 0 Å². The summed E-state index contributed by atoms with van der Waals surface area (Å²) in [5.41, 5.74) is 0. The van der Waals surface area contributed by atoms with Gasteiger partial charge in [-0.1, -0.05) is 347 Å². The lowest BCUT2D eigenvalue weighted by atomic mass is 9.54. The lowest BCUT2D eigenvalue weighted by Gasteiger charge is -2.51. The molecule has 0 aromatic rings. The van der Waals surface area contributed by atoms with Crippen molar-refractivity contribution < 1.29 is 0 Å². The molecule has 21 aliphatic carbocycles. The Balaban J connectivity index is 0.000000113. The minimum Gasteiger partial charge on any atom is -0.0533 e. The molecule has 21 aliphatic rings. The Hall–Kier alpha value is 0. The van der Waals surface area contributed by atoms with Gasteiger partial charge in [0.25, 0.3) is 0 Å². The Morgan fingerprint density at radius 3 is 0.505 bits per heavy atom. The molecule has 0 spiro atoms. The zero-order valence-electron chi connectivity index (χ0n) is 62.0. The van der Waals surface area contributed by atoms with E-state index in [9.17, 15) is 0 Å². The summed E-state index contributed by atoms with van der Waals surface area (Å²) in [6.45, 7) is 0. The zero-order valence-corrected chi connectivity index (χ0v) is 62.0. The maximum Gasteiger partial charge on any atom is -0.0323 e. The van der Waals surface area contributed by atoms with Crippen molar-refractivity contribution >= 4 is 0 Å². The lowest BCUT2D eigenvalue weighted by molar-refractivity contribution is -0.0184. The first-order valence-electron chi connectivity index (χ1n) is 45.2. The largest absolute Gasteiger partial charge is 0.0533 e. The Kier molecular flexibility index (Phi) is 35.8. The van der Waals surface area contributed by atoms with Crippen LogP contribution in [0.3, 0.4) is 0 Å². The molecule has 0 nitrogen and oxygen atoms in total. The SMILES string of the molecule is C1C2CC3CC1CC(C2)C3.C1CC1.C1CC2CC1C1C3CCC(C3)C21.C1CC2CCC1C2.C1CCC1.C1CCC2C(C1)CCC1C3CCCC3CCC21.C1CCCC1.C1CCCCC1.C1CCCCCC1.C1CCCCCCC1.C1CCCCCCCCCCC1. The highest BCUT2D eigenvalue weighted by Gasteiger charge is 2.59. The number of rotatable bonds is 0. The molecule has 10 bridgehead atoms. The van der Waals surface area contributed by atoms with E-state index in [1.54, 1.807) is 180 Å². The molecule has 10 atom stereocenters. The quantitative estimate of drug-likeness (QED) is 0.168. The van der Waals surface area contributed by atoms with Gasteiger partial charge in [-0.15, -0.1) is 0 Å². The van der Waals surface area contributed by atoms with Crippen LogP contribution in [0.5, 0.6) is 0 Å². The fourth-order valence-corrected chi connectivity index (χ4v) is 25.1. The molecular formula is C91H164. The first-order chi connectivity index (χ1) is 45.2. The van der Waals surface area contributed by atoms with E-state index in [0.29, 0.717) is 0 Å². The van der Waals surface area contributed by atoms with E-state index in [2.05, 4.69) is 0 Å². The second-order valence-electron chi connectivity index (χ2n) is 37.3. The van der Waals surface area contributed by atoms with Gasteiger partial charge < -0.3 is 0 Å². The molecule has 21 saturated carbocycles. The van der Waals surface area contributed by atoms with Crippen molar-refractivity contribution in [2.24, 2.45) is 107 Å². The summed E-state index contributed by atoms with van der Waals surface area (Å²) in [7, 11) is 0. The van der Waals surface area contributed by atoms with E-state index in [1.165, 1.54) is 384 Å². The summed E-state index contributed by atoms with van der Waals surface area (Å²) < 4.78 is 0. The first kappa shape index (κ1) is 73.7. The summed E-state index contributed by atoms with van der Waals surface area (Å²) in [6.07, 6.45) is 112. The normalized spacial score (nSPS) is 40.6. The van der Waals surface area contributed by atoms with Gasteiger partial charge in [0.2, 0.25) is 0 Å². The average molecular weight is 1260 g/mol. The molecule has 0 aromatic carbocycles. The summed E-state index contributed by atoms with van der Waals surface area (Å²) in [4.78, 5) is 0. The fourth-order valence-electron chi connectivity index (χ4n) is 25.1. The molecule has 0 aliphatic heterocycles. The molecule has 0 amide bonds. The minimum absolute atomic E-state index is 1.16. The second-order valence-corrected chi connectivity index (χ2v) is 37.3. The third kappa shape index (κ3) is 26.6. The van der Waals surface area contributed by atoms with Gasteiger partial charge in [-0.2, -0.15) is 0 Å². The molecule has 91 heavy (non-hydrogen) atoms. The first-order valence-corrected chi connectivity index (χ1v) is 45.2. The van der Waals surface area contributed by atoms with Crippen LogP contribution in [0.4, 0.5) is 0 Å². The minimum atomic E-state index is 1.16. The van der Waals surface area contributed by atoms with Crippen molar-refractivity contribution in [2.75, 3.05) is 0 Å². The topological polar surface area (TPSA) is 0 Å². The van der Waals surface area contributed by atoms with Gasteiger partial charge in [-0.25, -0.2) is 0 Å². The standard InChI is InChI=1S/C17H28.C12H18.C12H24.C10H16.C8H16.C7H12.C7H14.C6H12.C5H10.C4H8.C3H6/c1-2-6-14-12(4-1)8-10-17-15-7-3-5-13(15)9-11-16(14)17;1-2-8-5-7(1)11-9-3-4-10(6-9)12(8)11;1-2-4-6-8-10-12-11-9-7-5-3-1;1-7-2-9-4-8(1)5-10(3-7)6-9;1-2-4-6-8-7-5-3-1;1-2-7-4-3-6(1)5-7;1-2-4-6-7-5-3-1;1-2-4-6-5-3-1;1-2-4-5-3-1;1-2-4-3-1;1-2-3-1/h12-17H,1-11H2;7-12H,1-6H2;1-12H2;7-10H,1-6H2;1-8H2;6-7H,1-5H2;1-7H2;1-6H2;1-5H2;1-4H2;1-3H2. The summed E-state index contributed by atoms with van der Waals surface area (Å²) in [5.74, 6) is 21.4. The molecule has 0 heteroatoms. The highest BCUT2D eigenvalue weighted by Crippen LogP contribution is 2.67. The van der Waals surface area contributed by atoms with E-state index in [4.69, 9.17) is 0 Å². The molecule has 10 unspecified atom stereocenters. The van der Waals surface area contributed by atoms with E-state index in [1.807, 2.05) is 0 Å². The third-order valence-electron chi connectivity index (χ3n) is 30.2. The average Bonchev–Trinajstić information content (AvgIpc) is 1.58. The van der Waals surface area contributed by atoms with Crippen LogP contribution < -0.4 is 0 Å². The Labute approximate surface area is 572 Å². The van der Waals surface area contributed by atoms with Crippen LogP contribution in [-0.4, -0.2) is 0 Å². The number of hydrogen-bond acceptors (Lipinski definition) is 0. The highest BCUT2D eigenvalue weighted by atomic mass is 14.6. The van der Waals surface area contributed by atoms with E-state index < -0.39 is 0 Å². The second kappa shape index (κ2) is 44.2. The summed E-state index contributed by atoms with van der Waals surface area (Å²) in [5, 5.41) is 0. The maximum atomic E-state index is 1.64. The number of fused-ring (bicyclic) bond motifs is 16. The molecule has 0 aromatic heterocycles. The van der Waals surface area contributed by atoms with Crippen molar-refractivity contribution in [1.82, 2.24) is 0 Å². The Morgan fingerprint density at radius 2 is 0.286 bits per heavy atom. The van der Waals surface area contributed by atoms with Crippen LogP contribution in [0, 0.1) is 107 Å². The molecule has 528 valence electrons. The third-order valence-corrected chi connectivity index (χ3v) is 30.2. The molecule has 21 rings (SSSR count). The van der Waals surface area contributed by atoms with Crippen molar-refractivity contribution in [3.8, 4) is 0 Å². The van der Waals surface area contributed by atoms with Crippen LogP contribution >= 0.6 is 0 Å². The predicted octanol–water partition coefficient (Wildman–Crippen LogP) is 30.7. The van der Waals surface area contributed by atoms with E-state index >= 15 is 0 Å². The van der Waals surface area contributed by atoms with Crippen molar-refractivity contribution in [2.45, 2.75) is 469 Å². The zero-order chi connectivity index (χ0) is 62.0. The van der Waals surface area contributed by atoms with Crippen LogP contribution in [0.1, 0.15) is 469 Å². The maximum absolute atomic E-state index is 1.64. The molecular weight excluding hydrogens is 1090 g/mol. The predicted molar refractivity (Wildman–Crippen MR) is 400 cm³/mol. The van der Waals surface area contributed by atoms with Crippen LogP contribution in [-0.2, 0) is 0 Å². The molecule has 0 heterocycles. The van der Waals surface area contributed by atoms with Gasteiger partial charge in [0, 0.05) is 0 Å². The van der Waals surface area contributed by atoms with Crippen molar-refractivity contribution in [3.63, 3.8) is 0 Å². The van der Waals surface area contributed by atoms with Crippen molar-refractivity contribution in [3.05, 3.63) is 0 Å². The van der Waals surface area contributed by atoms with Gasteiger partial charge >= 0.3 is 0 Å². The van der Waals surface area contributed by atoms with Crippen LogP contribution in [0.25, 0.3) is 0 Å². The molecule has 0 N–H and O–H groups in total. The van der Waals surface area contributed by atoms with Gasteiger partial charge in [0.15, 0.2) is 0 Å². The molecule has 0 saturated heterocycles. The molecule has 21 fully saturated rings. The monoisotopic (exact) mass is 1260 g/mol. The van der Waals surface area contributed by atoms with E-state index in [0.717, 1.165) is 11.8 Å². The van der Waals surface area contributed by atoms with Gasteiger partial charge in [-0.3, -0.25) is 0 Å². The summed E-state index contributed by atoms with van der Waals surface area (Å²) >= 11 is 0. The van der Waals surface area contributed by atoms with Crippen molar-refractivity contribution in [1.29, 1.82) is 0 Å². The van der Waals surface area contributed by atoms with Crippen LogP contribution in [0.15, 0.2) is 0 Å². The lowest BCUT2D eigenvalue weighted by Crippen LogP contribution is -2.43. The Morgan fingerprint density at radius 1 is 0.0989 bits per heavy atom. The fraction of sp³-hybridized carbons (Fsp3) is 1.00. The van der Waals surface area contributed by atoms with Gasteiger partial charge in [0.05, 0.1) is 0 Å². The summed E-state index contributed by atoms with van der Waals surface area (Å²) in [6, 6.07) is 0. The number of hydrogen-bond donors (Lipinski definition) is 0. The highest BCUT2D eigenvalue weighted by molar-refractivity contribution is 5.08. The van der Waals surface area contributed by atoms with Crippen LogP contribution in [0.2, 0.25) is 0 Å². The van der Waals surface area contributed by atoms with Gasteiger partial charge in [-0.05, 0) is 229 Å².